The number of hydrogen-bond donors (Lipinski definition) is 2. The minimum Gasteiger partial charge on any atom is -0.349 e. The van der Waals surface area contributed by atoms with E-state index in [1.807, 2.05) is 36.4 Å². The molecule has 1 atom stereocenters. The van der Waals surface area contributed by atoms with E-state index in [1.165, 1.54) is 0 Å². The highest BCUT2D eigenvalue weighted by Crippen LogP contribution is 2.03. The molecule has 17 heavy (non-hydrogen) atoms. The van der Waals surface area contributed by atoms with E-state index in [1.54, 1.807) is 6.08 Å². The normalized spacial score (nSPS) is 20.4. The van der Waals surface area contributed by atoms with Crippen LogP contribution in [0, 0.1) is 0 Å². The summed E-state index contributed by atoms with van der Waals surface area (Å²) in [4.78, 5) is 11.7. The van der Waals surface area contributed by atoms with Gasteiger partial charge in [-0.25, -0.2) is 0 Å². The third-order valence-electron chi connectivity index (χ3n) is 2.87. The van der Waals surface area contributed by atoms with Crippen molar-refractivity contribution < 1.29 is 4.79 Å². The summed E-state index contributed by atoms with van der Waals surface area (Å²) >= 11 is 0. The van der Waals surface area contributed by atoms with Crippen LogP contribution in [0.5, 0.6) is 0 Å². The van der Waals surface area contributed by atoms with Gasteiger partial charge in [0.15, 0.2) is 0 Å². The molecule has 1 unspecified atom stereocenters. The first kappa shape index (κ1) is 11.9. The van der Waals surface area contributed by atoms with E-state index in [0.29, 0.717) is 0 Å². The Balaban J connectivity index is 1.82. The van der Waals surface area contributed by atoms with Crippen molar-refractivity contribution in [3.8, 4) is 0 Å². The first-order valence-corrected chi connectivity index (χ1v) is 6.09. The van der Waals surface area contributed by atoms with Crippen LogP contribution in [0.4, 0.5) is 0 Å². The quantitative estimate of drug-likeness (QED) is 0.774. The van der Waals surface area contributed by atoms with E-state index in [9.17, 15) is 4.79 Å². The molecule has 1 amide bonds. The number of carbonyl (C=O) groups is 1. The zero-order valence-corrected chi connectivity index (χ0v) is 9.86. The van der Waals surface area contributed by atoms with Gasteiger partial charge in [-0.15, -0.1) is 0 Å². The summed E-state index contributed by atoms with van der Waals surface area (Å²) in [7, 11) is 0. The van der Waals surface area contributed by atoms with Crippen LogP contribution < -0.4 is 10.6 Å². The summed E-state index contributed by atoms with van der Waals surface area (Å²) in [5.41, 5.74) is 1.05. The van der Waals surface area contributed by atoms with Crippen molar-refractivity contribution in [2.24, 2.45) is 0 Å². The van der Waals surface area contributed by atoms with Crippen molar-refractivity contribution in [1.29, 1.82) is 0 Å². The Morgan fingerprint density at radius 2 is 2.18 bits per heavy atom. The summed E-state index contributed by atoms with van der Waals surface area (Å²) in [5, 5.41) is 6.28. The molecular weight excluding hydrogens is 212 g/mol. The van der Waals surface area contributed by atoms with Crippen LogP contribution in [0.25, 0.3) is 6.08 Å². The fourth-order valence-electron chi connectivity index (χ4n) is 1.96. The van der Waals surface area contributed by atoms with Crippen molar-refractivity contribution >= 4 is 12.0 Å². The van der Waals surface area contributed by atoms with Gasteiger partial charge in [0.05, 0.1) is 0 Å². The van der Waals surface area contributed by atoms with Crippen molar-refractivity contribution in [3.63, 3.8) is 0 Å². The van der Waals surface area contributed by atoms with Crippen molar-refractivity contribution in [1.82, 2.24) is 10.6 Å². The van der Waals surface area contributed by atoms with E-state index in [-0.39, 0.29) is 11.9 Å². The molecule has 1 aromatic rings. The molecule has 1 heterocycles. The van der Waals surface area contributed by atoms with E-state index in [4.69, 9.17) is 0 Å². The lowest BCUT2D eigenvalue weighted by atomic mass is 10.1. The molecular formula is C14H18N2O. The largest absolute Gasteiger partial charge is 0.349 e. The summed E-state index contributed by atoms with van der Waals surface area (Å²) in [6, 6.07) is 10.1. The van der Waals surface area contributed by atoms with Gasteiger partial charge in [-0.05, 0) is 31.0 Å². The van der Waals surface area contributed by atoms with Crippen LogP contribution in [-0.4, -0.2) is 25.0 Å². The molecule has 0 aromatic heterocycles. The Bertz CT molecular complexity index is 380. The van der Waals surface area contributed by atoms with Crippen LogP contribution in [0.1, 0.15) is 18.4 Å². The van der Waals surface area contributed by atoms with Gasteiger partial charge in [0.25, 0.3) is 0 Å². The second kappa shape index (κ2) is 6.21. The SMILES string of the molecule is O=C(/C=C/c1ccccc1)NC1CCCNC1. The van der Waals surface area contributed by atoms with Gasteiger partial charge in [0.2, 0.25) is 5.91 Å². The number of nitrogens with one attached hydrogen (secondary N) is 2. The Kier molecular flexibility index (Phi) is 4.33. The third kappa shape index (κ3) is 4.04. The van der Waals surface area contributed by atoms with Crippen LogP contribution in [0.3, 0.4) is 0 Å². The van der Waals surface area contributed by atoms with Gasteiger partial charge in [-0.3, -0.25) is 4.79 Å². The maximum atomic E-state index is 11.7. The highest BCUT2D eigenvalue weighted by molar-refractivity contribution is 5.91. The van der Waals surface area contributed by atoms with Gasteiger partial charge in [-0.2, -0.15) is 0 Å². The van der Waals surface area contributed by atoms with Gasteiger partial charge in [-0.1, -0.05) is 30.3 Å². The molecule has 90 valence electrons. The Labute approximate surface area is 102 Å². The van der Waals surface area contributed by atoms with E-state index < -0.39 is 0 Å². The second-order valence-electron chi connectivity index (χ2n) is 4.30. The maximum absolute atomic E-state index is 11.7. The Morgan fingerprint density at radius 1 is 1.35 bits per heavy atom. The predicted molar refractivity (Wildman–Crippen MR) is 69.5 cm³/mol. The minimum atomic E-state index is -0.0115. The van der Waals surface area contributed by atoms with Crippen molar-refractivity contribution in [3.05, 3.63) is 42.0 Å². The van der Waals surface area contributed by atoms with Crippen LogP contribution >= 0.6 is 0 Å². The molecule has 0 spiro atoms. The van der Waals surface area contributed by atoms with E-state index in [0.717, 1.165) is 31.5 Å². The maximum Gasteiger partial charge on any atom is 0.244 e. The fourth-order valence-corrected chi connectivity index (χ4v) is 1.96. The van der Waals surface area contributed by atoms with E-state index >= 15 is 0 Å². The summed E-state index contributed by atoms with van der Waals surface area (Å²) in [6.07, 6.45) is 5.64. The average Bonchev–Trinajstić information content (AvgIpc) is 2.39. The highest BCUT2D eigenvalue weighted by atomic mass is 16.1. The van der Waals surface area contributed by atoms with Crippen LogP contribution in [-0.2, 0) is 4.79 Å². The molecule has 3 heteroatoms. The summed E-state index contributed by atoms with van der Waals surface area (Å²) in [6.45, 7) is 1.94. The molecule has 0 bridgehead atoms. The first-order chi connectivity index (χ1) is 8.34. The van der Waals surface area contributed by atoms with Crippen LogP contribution in [0.15, 0.2) is 36.4 Å². The van der Waals surface area contributed by atoms with Gasteiger partial charge >= 0.3 is 0 Å². The lowest BCUT2D eigenvalue weighted by Gasteiger charge is -2.23. The van der Waals surface area contributed by atoms with E-state index in [2.05, 4.69) is 10.6 Å². The molecule has 2 N–H and O–H groups in total. The standard InChI is InChI=1S/C14H18N2O/c17-14(16-13-7-4-10-15-11-13)9-8-12-5-2-1-3-6-12/h1-3,5-6,8-9,13,15H,4,7,10-11H2,(H,16,17)/b9-8+. The summed E-state index contributed by atoms with van der Waals surface area (Å²) in [5.74, 6) is -0.0115. The Morgan fingerprint density at radius 3 is 2.88 bits per heavy atom. The predicted octanol–water partition coefficient (Wildman–Crippen LogP) is 1.57. The third-order valence-corrected chi connectivity index (χ3v) is 2.87. The number of carbonyl (C=O) groups excluding carboxylic acids is 1. The van der Waals surface area contributed by atoms with Gasteiger partial charge in [0, 0.05) is 18.7 Å². The number of benzene rings is 1. The highest BCUT2D eigenvalue weighted by Gasteiger charge is 2.13. The fraction of sp³-hybridized carbons (Fsp3) is 0.357. The number of rotatable bonds is 3. The zero-order chi connectivity index (χ0) is 11.9. The molecule has 3 nitrogen and oxygen atoms in total. The summed E-state index contributed by atoms with van der Waals surface area (Å²) < 4.78 is 0. The average molecular weight is 230 g/mol. The lowest BCUT2D eigenvalue weighted by Crippen LogP contribution is -2.45. The molecule has 1 saturated heterocycles. The number of piperidine rings is 1. The van der Waals surface area contributed by atoms with Crippen molar-refractivity contribution in [2.75, 3.05) is 13.1 Å². The number of hydrogen-bond acceptors (Lipinski definition) is 2. The smallest absolute Gasteiger partial charge is 0.244 e. The van der Waals surface area contributed by atoms with Gasteiger partial charge in [0.1, 0.15) is 0 Å². The Hall–Kier alpha value is -1.61. The topological polar surface area (TPSA) is 41.1 Å². The monoisotopic (exact) mass is 230 g/mol. The molecule has 1 aliphatic heterocycles. The molecule has 1 fully saturated rings. The van der Waals surface area contributed by atoms with Crippen LogP contribution in [0.2, 0.25) is 0 Å². The second-order valence-corrected chi connectivity index (χ2v) is 4.30. The zero-order valence-electron chi connectivity index (χ0n) is 9.86. The first-order valence-electron chi connectivity index (χ1n) is 6.09. The number of amides is 1. The lowest BCUT2D eigenvalue weighted by molar-refractivity contribution is -0.117. The molecule has 1 aromatic carbocycles. The minimum absolute atomic E-state index is 0.0115. The molecule has 2 rings (SSSR count). The molecule has 1 aliphatic rings. The van der Waals surface area contributed by atoms with Gasteiger partial charge < -0.3 is 10.6 Å². The molecule has 0 aliphatic carbocycles. The van der Waals surface area contributed by atoms with Crippen molar-refractivity contribution in [2.45, 2.75) is 18.9 Å². The molecule has 0 saturated carbocycles. The molecule has 0 radical (unpaired) electrons.